The molecule has 3 rings (SSSR count). The van der Waals surface area contributed by atoms with Crippen LogP contribution in [0, 0.1) is 0 Å². The van der Waals surface area contributed by atoms with Gasteiger partial charge in [-0.15, -0.1) is 0 Å². The fourth-order valence-electron chi connectivity index (χ4n) is 4.57. The average Bonchev–Trinajstić information content (AvgIpc) is 3.18. The Morgan fingerprint density at radius 1 is 1.05 bits per heavy atom. The van der Waals surface area contributed by atoms with Gasteiger partial charge in [-0.1, -0.05) is 20.8 Å². The minimum Gasteiger partial charge on any atom is -0.494 e. The van der Waals surface area contributed by atoms with Crippen LogP contribution in [0.4, 0.5) is 17.2 Å². The molecule has 0 spiro atoms. The lowest BCUT2D eigenvalue weighted by atomic mass is 9.84. The van der Waals surface area contributed by atoms with Crippen LogP contribution in [0.25, 0.3) is 10.8 Å². The normalized spacial score (nSPS) is 11.5. The molecule has 38 heavy (non-hydrogen) atoms. The third-order valence-corrected chi connectivity index (χ3v) is 6.76. The molecule has 0 aliphatic carbocycles. The van der Waals surface area contributed by atoms with E-state index in [4.69, 9.17) is 15.2 Å². The quantitative estimate of drug-likeness (QED) is 0.388. The zero-order valence-electron chi connectivity index (χ0n) is 24.1. The standard InChI is InChI=1S/C29H41N5O4/c1-29(2,3)22-12-18(13-24(26(22)38-9)33(7)10-11-37-8)25(35)17-34-16-19-14-23(32(5)6)21(28(36)31-4)15-20(19)27(34)30/h12-16H,10-11,17,30H2,1-9H3,(H,31,36). The number of methoxy groups -OCH3 is 2. The minimum absolute atomic E-state index is 0.0598. The van der Waals surface area contributed by atoms with E-state index in [2.05, 4.69) is 26.1 Å². The van der Waals surface area contributed by atoms with Crippen LogP contribution in [0.15, 0.2) is 30.5 Å². The minimum atomic E-state index is -0.252. The second-order valence-electron chi connectivity index (χ2n) is 10.7. The van der Waals surface area contributed by atoms with Crippen LogP contribution in [-0.2, 0) is 16.7 Å². The smallest absolute Gasteiger partial charge is 0.253 e. The maximum atomic E-state index is 13.7. The summed E-state index contributed by atoms with van der Waals surface area (Å²) in [5.74, 6) is 0.908. The zero-order chi connectivity index (χ0) is 28.4. The second kappa shape index (κ2) is 11.3. The van der Waals surface area contributed by atoms with Crippen LogP contribution < -0.4 is 25.6 Å². The number of anilines is 3. The summed E-state index contributed by atoms with van der Waals surface area (Å²) in [5, 5.41) is 4.27. The van der Waals surface area contributed by atoms with Gasteiger partial charge in [-0.05, 0) is 29.7 Å². The Morgan fingerprint density at radius 2 is 1.74 bits per heavy atom. The maximum Gasteiger partial charge on any atom is 0.253 e. The Balaban J connectivity index is 2.08. The molecule has 206 valence electrons. The molecule has 9 heteroatoms. The van der Waals surface area contributed by atoms with E-state index in [9.17, 15) is 9.59 Å². The molecule has 0 bridgehead atoms. The van der Waals surface area contributed by atoms with E-state index >= 15 is 0 Å². The SMILES string of the molecule is CNC(=O)c1cc2c(N)n(CC(=O)c3cc(N(C)CCOC)c(OC)c(C(C)(C)C)c3)cc2cc1N(C)C. The molecule has 1 amide bonds. The van der Waals surface area contributed by atoms with Crippen molar-refractivity contribution in [3.8, 4) is 5.75 Å². The summed E-state index contributed by atoms with van der Waals surface area (Å²) >= 11 is 0. The number of nitrogens with one attached hydrogen (secondary N) is 1. The Labute approximate surface area is 225 Å². The topological polar surface area (TPSA) is 102 Å². The lowest BCUT2D eigenvalue weighted by Gasteiger charge is -2.29. The molecule has 0 unspecified atom stereocenters. The number of aromatic nitrogens is 1. The Kier molecular flexibility index (Phi) is 8.61. The predicted molar refractivity (Wildman–Crippen MR) is 155 cm³/mol. The van der Waals surface area contributed by atoms with Gasteiger partial charge >= 0.3 is 0 Å². The summed E-state index contributed by atoms with van der Waals surface area (Å²) in [5.41, 5.74) is 9.90. The van der Waals surface area contributed by atoms with Crippen molar-refractivity contribution in [3.63, 3.8) is 0 Å². The van der Waals surface area contributed by atoms with E-state index in [1.165, 1.54) is 0 Å². The molecular formula is C29H41N5O4. The number of Topliss-reactive ketones (excluding diaryl/α,β-unsaturated/α-hetero) is 1. The first-order chi connectivity index (χ1) is 17.8. The summed E-state index contributed by atoms with van der Waals surface area (Å²) in [7, 11) is 10.6. The van der Waals surface area contributed by atoms with Gasteiger partial charge in [0, 0.05) is 75.6 Å². The highest BCUT2D eigenvalue weighted by molar-refractivity contribution is 6.07. The zero-order valence-corrected chi connectivity index (χ0v) is 24.1. The van der Waals surface area contributed by atoms with Gasteiger partial charge in [-0.2, -0.15) is 0 Å². The number of likely N-dealkylation sites (N-methyl/N-ethyl adjacent to an activating group) is 1. The van der Waals surface area contributed by atoms with Crippen LogP contribution >= 0.6 is 0 Å². The van der Waals surface area contributed by atoms with Crippen molar-refractivity contribution in [3.05, 3.63) is 47.2 Å². The number of rotatable bonds is 10. The highest BCUT2D eigenvalue weighted by Crippen LogP contribution is 2.40. The Hall–Kier alpha value is -3.72. The summed E-state index contributed by atoms with van der Waals surface area (Å²) in [6.07, 6.45) is 1.86. The molecule has 0 saturated carbocycles. The van der Waals surface area contributed by atoms with Crippen molar-refractivity contribution in [2.24, 2.45) is 0 Å². The number of fused-ring (bicyclic) bond motifs is 1. The van der Waals surface area contributed by atoms with E-state index < -0.39 is 0 Å². The molecule has 0 fully saturated rings. The maximum absolute atomic E-state index is 13.7. The predicted octanol–water partition coefficient (Wildman–Crippen LogP) is 3.92. The molecule has 0 atom stereocenters. The lowest BCUT2D eigenvalue weighted by Crippen LogP contribution is -2.25. The van der Waals surface area contributed by atoms with Gasteiger partial charge in [0.1, 0.15) is 11.6 Å². The number of ketones is 1. The first-order valence-electron chi connectivity index (χ1n) is 12.6. The van der Waals surface area contributed by atoms with Crippen LogP contribution in [-0.4, -0.2) is 71.8 Å². The van der Waals surface area contributed by atoms with Crippen molar-refractivity contribution in [2.45, 2.75) is 32.7 Å². The number of nitrogens with two attached hydrogens (primary N) is 1. The number of hydrogen-bond acceptors (Lipinski definition) is 7. The highest BCUT2D eigenvalue weighted by atomic mass is 16.5. The number of nitrogens with zero attached hydrogens (tertiary/aromatic N) is 3. The van der Waals surface area contributed by atoms with Gasteiger partial charge in [0.15, 0.2) is 5.78 Å². The van der Waals surface area contributed by atoms with Gasteiger partial charge in [0.2, 0.25) is 0 Å². The van der Waals surface area contributed by atoms with E-state index in [0.717, 1.165) is 33.5 Å². The monoisotopic (exact) mass is 523 g/mol. The van der Waals surface area contributed by atoms with Crippen LogP contribution in [0.3, 0.4) is 0 Å². The number of ether oxygens (including phenoxy) is 2. The van der Waals surface area contributed by atoms with Crippen LogP contribution in [0.1, 0.15) is 47.1 Å². The molecular weight excluding hydrogens is 482 g/mol. The molecule has 1 heterocycles. The fourth-order valence-corrected chi connectivity index (χ4v) is 4.57. The fraction of sp³-hybridized carbons (Fsp3) is 0.448. The number of amides is 1. The van der Waals surface area contributed by atoms with Crippen molar-refractivity contribution in [2.75, 3.05) is 71.1 Å². The first kappa shape index (κ1) is 28.8. The molecule has 0 aliphatic heterocycles. The van der Waals surface area contributed by atoms with Gasteiger partial charge in [0.05, 0.1) is 31.5 Å². The molecule has 3 N–H and O–H groups in total. The second-order valence-corrected chi connectivity index (χ2v) is 10.7. The van der Waals surface area contributed by atoms with Gasteiger partial charge in [-0.25, -0.2) is 0 Å². The number of hydrogen-bond donors (Lipinski definition) is 2. The average molecular weight is 524 g/mol. The molecule has 2 aromatic carbocycles. The molecule has 0 radical (unpaired) electrons. The van der Waals surface area contributed by atoms with Crippen LogP contribution in [0.2, 0.25) is 0 Å². The van der Waals surface area contributed by atoms with E-state index in [0.29, 0.717) is 30.1 Å². The summed E-state index contributed by atoms with van der Waals surface area (Å²) in [4.78, 5) is 30.1. The van der Waals surface area contributed by atoms with Gasteiger partial charge in [-0.3, -0.25) is 9.59 Å². The third kappa shape index (κ3) is 5.72. The van der Waals surface area contributed by atoms with E-state index in [1.54, 1.807) is 31.9 Å². The first-order valence-corrected chi connectivity index (χ1v) is 12.6. The largest absolute Gasteiger partial charge is 0.494 e. The van der Waals surface area contributed by atoms with E-state index in [-0.39, 0.29) is 23.7 Å². The van der Waals surface area contributed by atoms with Crippen molar-refractivity contribution in [1.29, 1.82) is 0 Å². The summed E-state index contributed by atoms with van der Waals surface area (Å²) in [6.45, 7) is 7.54. The molecule has 0 saturated heterocycles. The molecule has 9 nitrogen and oxygen atoms in total. The molecule has 3 aromatic rings. The van der Waals surface area contributed by atoms with E-state index in [1.807, 2.05) is 55.3 Å². The number of carbonyl (C=O) groups is 2. The summed E-state index contributed by atoms with van der Waals surface area (Å²) < 4.78 is 12.8. The van der Waals surface area contributed by atoms with Crippen molar-refractivity contribution in [1.82, 2.24) is 9.88 Å². The Morgan fingerprint density at radius 3 is 2.29 bits per heavy atom. The highest BCUT2D eigenvalue weighted by Gasteiger charge is 2.26. The number of benzene rings is 2. The molecule has 1 aromatic heterocycles. The number of nitrogen functional groups attached to an aromatic ring is 1. The lowest BCUT2D eigenvalue weighted by molar-refractivity contribution is 0.0959. The van der Waals surface area contributed by atoms with Crippen molar-refractivity contribution < 1.29 is 19.1 Å². The van der Waals surface area contributed by atoms with Crippen molar-refractivity contribution >= 4 is 39.7 Å². The van der Waals surface area contributed by atoms with Crippen LogP contribution in [0.5, 0.6) is 5.75 Å². The number of carbonyl (C=O) groups excluding carboxylic acids is 2. The summed E-state index contributed by atoms with van der Waals surface area (Å²) in [6, 6.07) is 7.50. The van der Waals surface area contributed by atoms with Gasteiger partial charge in [0.25, 0.3) is 5.91 Å². The third-order valence-electron chi connectivity index (χ3n) is 6.76. The Bertz CT molecular complexity index is 1340. The van der Waals surface area contributed by atoms with Gasteiger partial charge < -0.3 is 34.9 Å². The molecule has 0 aliphatic rings.